The molecule has 0 heterocycles. The molecular formula is C10H21NO3S. The van der Waals surface area contributed by atoms with Gasteiger partial charge in [-0.25, -0.2) is 8.42 Å². The molecule has 0 aromatic carbocycles. The van der Waals surface area contributed by atoms with Crippen molar-refractivity contribution in [3.63, 3.8) is 0 Å². The van der Waals surface area contributed by atoms with Crippen LogP contribution in [0.2, 0.25) is 0 Å². The Bertz CT molecular complexity index is 285. The molecule has 90 valence electrons. The molecule has 2 unspecified atom stereocenters. The second-order valence-electron chi connectivity index (χ2n) is 4.35. The molecule has 0 bridgehead atoms. The molecule has 0 amide bonds. The van der Waals surface area contributed by atoms with Crippen molar-refractivity contribution < 1.29 is 13.2 Å². The number of likely N-dealkylation sites (N-methyl/N-ethyl adjacent to an activating group) is 1. The van der Waals surface area contributed by atoms with Gasteiger partial charge in [0.2, 0.25) is 0 Å². The second-order valence-corrected chi connectivity index (χ2v) is 6.61. The molecule has 1 saturated carbocycles. The third kappa shape index (κ3) is 4.49. The fraction of sp³-hybridized carbons (Fsp3) is 1.00. The average molecular weight is 235 g/mol. The van der Waals surface area contributed by atoms with E-state index in [4.69, 9.17) is 4.74 Å². The zero-order chi connectivity index (χ0) is 11.5. The third-order valence-electron chi connectivity index (χ3n) is 2.93. The molecule has 1 N–H and O–H groups in total. The van der Waals surface area contributed by atoms with Crippen molar-refractivity contribution in [2.45, 2.75) is 31.4 Å². The molecule has 0 aromatic heterocycles. The van der Waals surface area contributed by atoms with Crippen LogP contribution in [0.15, 0.2) is 0 Å². The average Bonchev–Trinajstić information content (AvgIpc) is 2.94. The fourth-order valence-electron chi connectivity index (χ4n) is 1.92. The summed E-state index contributed by atoms with van der Waals surface area (Å²) in [5, 5.41) is 3.16. The van der Waals surface area contributed by atoms with E-state index in [1.165, 1.54) is 19.1 Å². The van der Waals surface area contributed by atoms with Gasteiger partial charge in [-0.15, -0.1) is 0 Å². The van der Waals surface area contributed by atoms with E-state index in [0.29, 0.717) is 12.3 Å². The molecule has 0 aromatic rings. The zero-order valence-electron chi connectivity index (χ0n) is 9.69. The molecule has 15 heavy (non-hydrogen) atoms. The minimum atomic E-state index is -2.87. The second kappa shape index (κ2) is 5.27. The summed E-state index contributed by atoms with van der Waals surface area (Å²) < 4.78 is 27.6. The van der Waals surface area contributed by atoms with E-state index in [-0.39, 0.29) is 17.9 Å². The van der Waals surface area contributed by atoms with E-state index >= 15 is 0 Å². The van der Waals surface area contributed by atoms with Crippen molar-refractivity contribution in [1.29, 1.82) is 0 Å². The van der Waals surface area contributed by atoms with Gasteiger partial charge in [-0.2, -0.15) is 0 Å². The highest BCUT2D eigenvalue weighted by Crippen LogP contribution is 2.36. The summed E-state index contributed by atoms with van der Waals surface area (Å²) in [4.78, 5) is 0. The standard InChI is InChI=1S/C10H21NO3S/c1-11-9(6-7-15(3,12)13)10(14-2)8-4-5-8/h8-11H,4-7H2,1-3H3. The number of hydrogen-bond donors (Lipinski definition) is 1. The number of nitrogens with one attached hydrogen (secondary N) is 1. The molecule has 1 aliphatic carbocycles. The Hall–Kier alpha value is -0.130. The lowest BCUT2D eigenvalue weighted by atomic mass is 10.0. The van der Waals surface area contributed by atoms with Gasteiger partial charge >= 0.3 is 0 Å². The summed E-state index contributed by atoms with van der Waals surface area (Å²) in [6.45, 7) is 0. The van der Waals surface area contributed by atoms with E-state index in [1.807, 2.05) is 7.05 Å². The maximum atomic E-state index is 11.1. The summed E-state index contributed by atoms with van der Waals surface area (Å²) >= 11 is 0. The SMILES string of the molecule is CNC(CCS(C)(=O)=O)C(OC)C1CC1. The normalized spacial score (nSPS) is 21.3. The van der Waals surface area contributed by atoms with Crippen molar-refractivity contribution >= 4 is 9.84 Å². The van der Waals surface area contributed by atoms with Gasteiger partial charge < -0.3 is 10.1 Å². The predicted octanol–water partition coefficient (Wildman–Crippen LogP) is 0.434. The Morgan fingerprint density at radius 3 is 2.40 bits per heavy atom. The summed E-state index contributed by atoms with van der Waals surface area (Å²) in [6.07, 6.45) is 4.48. The van der Waals surface area contributed by atoms with Crippen LogP contribution in [0.5, 0.6) is 0 Å². The van der Waals surface area contributed by atoms with Gasteiger partial charge in [0.1, 0.15) is 9.84 Å². The fourth-order valence-corrected chi connectivity index (χ4v) is 2.61. The first kappa shape index (κ1) is 12.9. The van der Waals surface area contributed by atoms with Crippen LogP contribution in [0.3, 0.4) is 0 Å². The van der Waals surface area contributed by atoms with Crippen LogP contribution in [0, 0.1) is 5.92 Å². The lowest BCUT2D eigenvalue weighted by molar-refractivity contribution is 0.0525. The van der Waals surface area contributed by atoms with E-state index in [0.717, 1.165) is 0 Å². The molecule has 5 heteroatoms. The minimum absolute atomic E-state index is 0.150. The summed E-state index contributed by atoms with van der Waals surface area (Å²) in [7, 11) is 0.693. The maximum Gasteiger partial charge on any atom is 0.147 e. The van der Waals surface area contributed by atoms with Gasteiger partial charge in [0.05, 0.1) is 11.9 Å². The molecule has 0 aliphatic heterocycles. The zero-order valence-corrected chi connectivity index (χ0v) is 10.5. The lowest BCUT2D eigenvalue weighted by Crippen LogP contribution is -2.41. The Morgan fingerprint density at radius 2 is 2.07 bits per heavy atom. The van der Waals surface area contributed by atoms with Gasteiger partial charge in [0.15, 0.2) is 0 Å². The first-order valence-electron chi connectivity index (χ1n) is 5.35. The van der Waals surface area contributed by atoms with Crippen LogP contribution in [0.25, 0.3) is 0 Å². The molecule has 1 fully saturated rings. The van der Waals surface area contributed by atoms with Gasteiger partial charge in [0.25, 0.3) is 0 Å². The molecule has 1 aliphatic rings. The Morgan fingerprint density at radius 1 is 1.47 bits per heavy atom. The molecular weight excluding hydrogens is 214 g/mol. The predicted molar refractivity (Wildman–Crippen MR) is 60.7 cm³/mol. The quantitative estimate of drug-likeness (QED) is 0.695. The molecule has 0 radical (unpaired) electrons. The van der Waals surface area contributed by atoms with Crippen LogP contribution in [-0.4, -0.2) is 46.7 Å². The molecule has 4 nitrogen and oxygen atoms in total. The van der Waals surface area contributed by atoms with Crippen molar-refractivity contribution in [2.24, 2.45) is 5.92 Å². The molecule has 1 rings (SSSR count). The maximum absolute atomic E-state index is 11.1. The van der Waals surface area contributed by atoms with Gasteiger partial charge in [-0.3, -0.25) is 0 Å². The number of ether oxygens (including phenoxy) is 1. The summed E-state index contributed by atoms with van der Waals surface area (Å²) in [5.74, 6) is 0.845. The molecule has 0 spiro atoms. The van der Waals surface area contributed by atoms with Crippen LogP contribution in [-0.2, 0) is 14.6 Å². The van der Waals surface area contributed by atoms with E-state index in [9.17, 15) is 8.42 Å². The van der Waals surface area contributed by atoms with E-state index in [2.05, 4.69) is 5.32 Å². The van der Waals surface area contributed by atoms with Crippen LogP contribution >= 0.6 is 0 Å². The smallest absolute Gasteiger partial charge is 0.147 e. The highest BCUT2D eigenvalue weighted by atomic mass is 32.2. The minimum Gasteiger partial charge on any atom is -0.380 e. The monoisotopic (exact) mass is 235 g/mol. The van der Waals surface area contributed by atoms with Crippen molar-refractivity contribution in [1.82, 2.24) is 5.32 Å². The Balaban J connectivity index is 2.46. The highest BCUT2D eigenvalue weighted by molar-refractivity contribution is 7.90. The Labute approximate surface area is 92.3 Å². The van der Waals surface area contributed by atoms with Crippen molar-refractivity contribution in [2.75, 3.05) is 26.2 Å². The summed E-state index contributed by atoms with van der Waals surface area (Å²) in [5.41, 5.74) is 0. The number of hydrogen-bond acceptors (Lipinski definition) is 4. The number of methoxy groups -OCH3 is 1. The van der Waals surface area contributed by atoms with E-state index < -0.39 is 9.84 Å². The topological polar surface area (TPSA) is 55.4 Å². The first-order chi connectivity index (χ1) is 6.98. The molecule has 0 saturated heterocycles. The highest BCUT2D eigenvalue weighted by Gasteiger charge is 2.36. The van der Waals surface area contributed by atoms with Gasteiger partial charge in [-0.1, -0.05) is 0 Å². The molecule has 2 atom stereocenters. The van der Waals surface area contributed by atoms with Crippen molar-refractivity contribution in [3.8, 4) is 0 Å². The van der Waals surface area contributed by atoms with Crippen LogP contribution in [0.4, 0.5) is 0 Å². The first-order valence-corrected chi connectivity index (χ1v) is 7.41. The van der Waals surface area contributed by atoms with Crippen molar-refractivity contribution in [3.05, 3.63) is 0 Å². The van der Waals surface area contributed by atoms with Crippen LogP contribution in [0.1, 0.15) is 19.3 Å². The van der Waals surface area contributed by atoms with Gasteiger partial charge in [-0.05, 0) is 32.2 Å². The number of sulfone groups is 1. The van der Waals surface area contributed by atoms with Crippen LogP contribution < -0.4 is 5.32 Å². The number of rotatable bonds is 7. The van der Waals surface area contributed by atoms with Gasteiger partial charge in [0, 0.05) is 19.4 Å². The third-order valence-corrected chi connectivity index (χ3v) is 3.90. The largest absolute Gasteiger partial charge is 0.380 e. The summed E-state index contributed by atoms with van der Waals surface area (Å²) in [6, 6.07) is 0.150. The lowest BCUT2D eigenvalue weighted by Gasteiger charge is -2.25. The van der Waals surface area contributed by atoms with E-state index in [1.54, 1.807) is 7.11 Å². The Kier molecular flexibility index (Phi) is 4.55.